The SMILES string of the molecule is CC1CCN(CCCNS(=O)(=O)c2ccc(OC(F)(F)F)cc2)CC1. The summed E-state index contributed by atoms with van der Waals surface area (Å²) in [5.74, 6) is 0.296. The van der Waals surface area contributed by atoms with Gasteiger partial charge in [0.05, 0.1) is 4.90 Å². The number of nitrogens with zero attached hydrogens (tertiary/aromatic N) is 1. The lowest BCUT2D eigenvalue weighted by molar-refractivity contribution is -0.274. The van der Waals surface area contributed by atoms with E-state index in [1.807, 2.05) is 0 Å². The van der Waals surface area contributed by atoms with Gasteiger partial charge in [0.15, 0.2) is 0 Å². The van der Waals surface area contributed by atoms with Crippen molar-refractivity contribution in [3.8, 4) is 5.75 Å². The molecule has 1 aromatic carbocycles. The Labute approximate surface area is 146 Å². The average molecular weight is 380 g/mol. The van der Waals surface area contributed by atoms with Crippen molar-refractivity contribution in [1.29, 1.82) is 0 Å². The summed E-state index contributed by atoms with van der Waals surface area (Å²) in [6.07, 6.45) is -1.79. The number of likely N-dealkylation sites (tertiary alicyclic amines) is 1. The number of halogens is 3. The van der Waals surface area contributed by atoms with Gasteiger partial charge in [-0.3, -0.25) is 0 Å². The molecular weight excluding hydrogens is 357 g/mol. The number of sulfonamides is 1. The predicted molar refractivity (Wildman–Crippen MR) is 87.8 cm³/mol. The molecule has 9 heteroatoms. The van der Waals surface area contributed by atoms with E-state index in [0.717, 1.165) is 62.7 Å². The molecule has 0 spiro atoms. The van der Waals surface area contributed by atoms with Gasteiger partial charge in [0.2, 0.25) is 10.0 Å². The zero-order valence-electron chi connectivity index (χ0n) is 14.1. The second kappa shape index (κ2) is 8.37. The summed E-state index contributed by atoms with van der Waals surface area (Å²) in [6.45, 7) is 5.42. The fraction of sp³-hybridized carbons (Fsp3) is 0.625. The molecule has 0 unspecified atom stereocenters. The molecule has 1 N–H and O–H groups in total. The van der Waals surface area contributed by atoms with Gasteiger partial charge in [0.1, 0.15) is 5.75 Å². The summed E-state index contributed by atoms with van der Waals surface area (Å²) in [5.41, 5.74) is 0. The highest BCUT2D eigenvalue weighted by atomic mass is 32.2. The second-order valence-corrected chi connectivity index (χ2v) is 8.06. The smallest absolute Gasteiger partial charge is 0.406 e. The van der Waals surface area contributed by atoms with Crippen LogP contribution in [0.2, 0.25) is 0 Å². The van der Waals surface area contributed by atoms with Crippen LogP contribution in [0.3, 0.4) is 0 Å². The molecule has 0 aliphatic carbocycles. The minimum Gasteiger partial charge on any atom is -0.406 e. The number of piperidine rings is 1. The Morgan fingerprint density at radius 2 is 1.80 bits per heavy atom. The van der Waals surface area contributed by atoms with Crippen LogP contribution in [0.15, 0.2) is 29.2 Å². The zero-order chi connectivity index (χ0) is 18.5. The molecule has 25 heavy (non-hydrogen) atoms. The lowest BCUT2D eigenvalue weighted by Crippen LogP contribution is -2.35. The maximum Gasteiger partial charge on any atom is 0.573 e. The quantitative estimate of drug-likeness (QED) is 0.739. The van der Waals surface area contributed by atoms with Crippen LogP contribution in [0.1, 0.15) is 26.2 Å². The molecule has 0 bridgehead atoms. The van der Waals surface area contributed by atoms with E-state index in [1.54, 1.807) is 0 Å². The summed E-state index contributed by atoms with van der Waals surface area (Å²) in [4.78, 5) is 2.23. The minimum absolute atomic E-state index is 0.0891. The van der Waals surface area contributed by atoms with Crippen LogP contribution in [0.4, 0.5) is 13.2 Å². The minimum atomic E-state index is -4.80. The third-order valence-electron chi connectivity index (χ3n) is 4.19. The van der Waals surface area contributed by atoms with Crippen molar-refractivity contribution in [2.24, 2.45) is 5.92 Å². The number of hydrogen-bond donors (Lipinski definition) is 1. The van der Waals surface area contributed by atoms with E-state index in [9.17, 15) is 21.6 Å². The molecule has 1 aliphatic heterocycles. The van der Waals surface area contributed by atoms with Gasteiger partial charge in [-0.1, -0.05) is 6.92 Å². The fourth-order valence-corrected chi connectivity index (χ4v) is 3.77. The Morgan fingerprint density at radius 3 is 2.36 bits per heavy atom. The van der Waals surface area contributed by atoms with Gasteiger partial charge in [-0.05, 0) is 69.1 Å². The van der Waals surface area contributed by atoms with E-state index in [2.05, 4.69) is 21.3 Å². The Hall–Kier alpha value is -1.32. The Kier molecular flexibility index (Phi) is 6.70. The summed E-state index contributed by atoms with van der Waals surface area (Å²) in [6, 6.07) is 4.15. The Morgan fingerprint density at radius 1 is 1.20 bits per heavy atom. The van der Waals surface area contributed by atoms with Crippen molar-refractivity contribution in [3.63, 3.8) is 0 Å². The van der Waals surface area contributed by atoms with E-state index in [-0.39, 0.29) is 11.4 Å². The van der Waals surface area contributed by atoms with Gasteiger partial charge >= 0.3 is 6.36 Å². The molecule has 0 amide bonds. The van der Waals surface area contributed by atoms with Crippen LogP contribution < -0.4 is 9.46 Å². The van der Waals surface area contributed by atoms with Gasteiger partial charge in [0, 0.05) is 6.54 Å². The molecule has 2 rings (SSSR count). The van der Waals surface area contributed by atoms with Crippen LogP contribution >= 0.6 is 0 Å². The van der Waals surface area contributed by atoms with E-state index >= 15 is 0 Å². The average Bonchev–Trinajstić information content (AvgIpc) is 2.52. The largest absolute Gasteiger partial charge is 0.573 e. The zero-order valence-corrected chi connectivity index (χ0v) is 14.9. The molecule has 1 fully saturated rings. The summed E-state index contributed by atoms with van der Waals surface area (Å²) in [7, 11) is -3.74. The van der Waals surface area contributed by atoms with Gasteiger partial charge in [-0.25, -0.2) is 13.1 Å². The van der Waals surface area contributed by atoms with Gasteiger partial charge < -0.3 is 9.64 Å². The highest BCUT2D eigenvalue weighted by molar-refractivity contribution is 7.89. The number of benzene rings is 1. The number of nitrogens with one attached hydrogen (secondary N) is 1. The molecule has 1 saturated heterocycles. The molecule has 1 aromatic rings. The topological polar surface area (TPSA) is 58.6 Å². The standard InChI is InChI=1S/C16H23F3N2O3S/c1-13-7-11-21(12-8-13)10-2-9-20-25(22,23)15-5-3-14(4-6-15)24-16(17,18)19/h3-6,13,20H,2,7-12H2,1H3. The second-order valence-electron chi connectivity index (χ2n) is 6.29. The van der Waals surface area contributed by atoms with Crippen molar-refractivity contribution in [2.75, 3.05) is 26.2 Å². The first kappa shape index (κ1) is 20.0. The first-order chi connectivity index (χ1) is 11.7. The maximum absolute atomic E-state index is 12.1. The van der Waals surface area contributed by atoms with Crippen molar-refractivity contribution < 1.29 is 26.3 Å². The van der Waals surface area contributed by atoms with Gasteiger partial charge in [-0.15, -0.1) is 13.2 Å². The number of alkyl halides is 3. The van der Waals surface area contributed by atoms with Crippen molar-refractivity contribution in [1.82, 2.24) is 9.62 Å². The Balaban J connectivity index is 1.79. The molecule has 0 aromatic heterocycles. The molecule has 0 saturated carbocycles. The molecule has 142 valence electrons. The van der Waals surface area contributed by atoms with Crippen LogP contribution in [-0.4, -0.2) is 45.9 Å². The number of rotatable bonds is 7. The van der Waals surface area contributed by atoms with Crippen molar-refractivity contribution in [3.05, 3.63) is 24.3 Å². The van der Waals surface area contributed by atoms with Gasteiger partial charge in [0.25, 0.3) is 0 Å². The fourth-order valence-electron chi connectivity index (χ4n) is 2.70. The first-order valence-corrected chi connectivity index (χ1v) is 9.72. The Bertz CT molecular complexity index is 640. The summed E-state index contributed by atoms with van der Waals surface area (Å²) in [5, 5.41) is 0. The predicted octanol–water partition coefficient (Wildman–Crippen LogP) is 2.99. The first-order valence-electron chi connectivity index (χ1n) is 8.23. The lowest BCUT2D eigenvalue weighted by atomic mass is 9.99. The van der Waals surface area contributed by atoms with Crippen LogP contribution in [0.25, 0.3) is 0 Å². The molecule has 1 heterocycles. The molecule has 0 atom stereocenters. The van der Waals surface area contributed by atoms with Gasteiger partial charge in [-0.2, -0.15) is 0 Å². The monoisotopic (exact) mass is 380 g/mol. The van der Waals surface area contributed by atoms with E-state index in [4.69, 9.17) is 0 Å². The van der Waals surface area contributed by atoms with Crippen LogP contribution in [0, 0.1) is 5.92 Å². The molecule has 0 radical (unpaired) electrons. The molecule has 5 nitrogen and oxygen atoms in total. The highest BCUT2D eigenvalue weighted by Crippen LogP contribution is 2.23. The van der Waals surface area contributed by atoms with Crippen LogP contribution in [-0.2, 0) is 10.0 Å². The van der Waals surface area contributed by atoms with Crippen molar-refractivity contribution in [2.45, 2.75) is 37.4 Å². The normalized spacial score (nSPS) is 17.6. The molecular formula is C16H23F3N2O3S. The van der Waals surface area contributed by atoms with E-state index in [1.165, 1.54) is 0 Å². The molecule has 1 aliphatic rings. The summed E-state index contributed by atoms with van der Waals surface area (Å²) >= 11 is 0. The maximum atomic E-state index is 12.1. The van der Waals surface area contributed by atoms with Crippen LogP contribution in [0.5, 0.6) is 5.75 Å². The number of hydrogen-bond acceptors (Lipinski definition) is 4. The number of ether oxygens (including phenoxy) is 1. The highest BCUT2D eigenvalue weighted by Gasteiger charge is 2.31. The van der Waals surface area contributed by atoms with Crippen molar-refractivity contribution >= 4 is 10.0 Å². The third kappa shape index (κ3) is 6.83. The summed E-state index contributed by atoms with van der Waals surface area (Å²) < 4.78 is 66.8. The van der Waals surface area contributed by atoms with E-state index < -0.39 is 22.1 Å². The third-order valence-corrected chi connectivity index (χ3v) is 5.66. The van der Waals surface area contributed by atoms with E-state index in [0.29, 0.717) is 6.42 Å². The lowest BCUT2D eigenvalue weighted by Gasteiger charge is -2.30.